The van der Waals surface area contributed by atoms with Gasteiger partial charge in [-0.2, -0.15) is 0 Å². The van der Waals surface area contributed by atoms with E-state index in [1.165, 1.54) is 12.8 Å². The lowest BCUT2D eigenvalue weighted by Crippen LogP contribution is -2.19. The Balaban J connectivity index is 2.31. The van der Waals surface area contributed by atoms with E-state index in [4.69, 9.17) is 23.2 Å². The fraction of sp³-hybridized carbons (Fsp3) is 0.400. The minimum atomic E-state index is 0.663. The van der Waals surface area contributed by atoms with E-state index in [0.717, 1.165) is 15.7 Å². The molecule has 1 saturated carbocycles. The third kappa shape index (κ3) is 1.92. The molecular weight excluding hydrogens is 205 g/mol. The predicted octanol–water partition coefficient (Wildman–Crippen LogP) is 3.59. The molecule has 0 heterocycles. The van der Waals surface area contributed by atoms with Crippen LogP contribution in [0.1, 0.15) is 12.8 Å². The molecule has 2 rings (SSSR count). The Bertz CT molecular complexity index is 321. The quantitative estimate of drug-likeness (QED) is 0.730. The molecule has 1 aromatic rings. The summed E-state index contributed by atoms with van der Waals surface area (Å²) in [5.41, 5.74) is 1.04. The van der Waals surface area contributed by atoms with Gasteiger partial charge in [-0.3, -0.25) is 0 Å². The molecule has 1 fully saturated rings. The normalized spacial score (nSPS) is 15.9. The second-order valence-corrected chi connectivity index (χ2v) is 4.28. The van der Waals surface area contributed by atoms with E-state index in [1.807, 2.05) is 18.2 Å². The van der Waals surface area contributed by atoms with Crippen molar-refractivity contribution in [1.29, 1.82) is 0 Å². The van der Waals surface area contributed by atoms with Crippen molar-refractivity contribution in [2.75, 3.05) is 11.9 Å². The van der Waals surface area contributed by atoms with Crippen molar-refractivity contribution >= 4 is 28.9 Å². The summed E-state index contributed by atoms with van der Waals surface area (Å²) in [5.74, 6) is 0. The van der Waals surface area contributed by atoms with Crippen LogP contribution < -0.4 is 4.90 Å². The highest BCUT2D eigenvalue weighted by molar-refractivity contribution is 6.35. The summed E-state index contributed by atoms with van der Waals surface area (Å²) in [4.78, 5) is 2.20. The highest BCUT2D eigenvalue weighted by Gasteiger charge is 2.27. The first-order valence-corrected chi connectivity index (χ1v) is 5.12. The van der Waals surface area contributed by atoms with Gasteiger partial charge in [0.15, 0.2) is 0 Å². The fourth-order valence-corrected chi connectivity index (χ4v) is 1.83. The monoisotopic (exact) mass is 215 g/mol. The van der Waals surface area contributed by atoms with Crippen LogP contribution in [0, 0.1) is 0 Å². The van der Waals surface area contributed by atoms with Gasteiger partial charge in [0.05, 0.1) is 10.7 Å². The van der Waals surface area contributed by atoms with Crippen LogP contribution in [0.2, 0.25) is 10.0 Å². The number of nitrogens with zero attached hydrogens (tertiary/aromatic N) is 1. The third-order valence-corrected chi connectivity index (χ3v) is 2.94. The average molecular weight is 216 g/mol. The largest absolute Gasteiger partial charge is 0.370 e. The van der Waals surface area contributed by atoms with Gasteiger partial charge in [-0.25, -0.2) is 0 Å². The van der Waals surface area contributed by atoms with Crippen LogP contribution >= 0.6 is 23.2 Å². The molecule has 0 bridgehead atoms. The van der Waals surface area contributed by atoms with Crippen molar-refractivity contribution in [3.63, 3.8) is 0 Å². The minimum Gasteiger partial charge on any atom is -0.370 e. The van der Waals surface area contributed by atoms with Gasteiger partial charge >= 0.3 is 0 Å². The zero-order valence-electron chi connectivity index (χ0n) is 7.43. The highest BCUT2D eigenvalue weighted by atomic mass is 35.5. The van der Waals surface area contributed by atoms with E-state index in [0.29, 0.717) is 6.04 Å². The zero-order chi connectivity index (χ0) is 9.42. The van der Waals surface area contributed by atoms with Crippen LogP contribution in [-0.4, -0.2) is 13.1 Å². The van der Waals surface area contributed by atoms with E-state index in [1.54, 1.807) is 0 Å². The van der Waals surface area contributed by atoms with Gasteiger partial charge in [-0.05, 0) is 31.0 Å². The van der Waals surface area contributed by atoms with Crippen LogP contribution in [0.3, 0.4) is 0 Å². The van der Waals surface area contributed by atoms with Gasteiger partial charge in [0, 0.05) is 18.1 Å². The standard InChI is InChI=1S/C10H11Cl2N/c1-13(8-3-4-8)10-6-7(11)2-5-9(10)12/h2,5-6,8H,3-4H2,1H3. The number of hydrogen-bond donors (Lipinski definition) is 0. The average Bonchev–Trinajstić information content (AvgIpc) is 2.91. The van der Waals surface area contributed by atoms with Crippen LogP contribution in [0.25, 0.3) is 0 Å². The maximum Gasteiger partial charge on any atom is 0.0640 e. The van der Waals surface area contributed by atoms with Crippen molar-refractivity contribution < 1.29 is 0 Å². The maximum absolute atomic E-state index is 6.06. The first-order valence-electron chi connectivity index (χ1n) is 4.36. The lowest BCUT2D eigenvalue weighted by Gasteiger charge is -2.20. The summed E-state index contributed by atoms with van der Waals surface area (Å²) >= 11 is 12.0. The molecule has 0 aromatic heterocycles. The molecule has 0 aliphatic heterocycles. The van der Waals surface area contributed by atoms with E-state index < -0.39 is 0 Å². The number of anilines is 1. The Labute approximate surface area is 88.3 Å². The van der Waals surface area contributed by atoms with Crippen LogP contribution in [0.5, 0.6) is 0 Å². The first kappa shape index (κ1) is 9.17. The SMILES string of the molecule is CN(c1cc(Cl)ccc1Cl)C1CC1. The zero-order valence-corrected chi connectivity index (χ0v) is 8.94. The topological polar surface area (TPSA) is 3.24 Å². The molecule has 70 valence electrons. The van der Waals surface area contributed by atoms with E-state index in [-0.39, 0.29) is 0 Å². The van der Waals surface area contributed by atoms with Crippen LogP contribution in [0.15, 0.2) is 18.2 Å². The van der Waals surface area contributed by atoms with Crippen molar-refractivity contribution in [2.45, 2.75) is 18.9 Å². The van der Waals surface area contributed by atoms with Gasteiger partial charge in [0.25, 0.3) is 0 Å². The summed E-state index contributed by atoms with van der Waals surface area (Å²) in [7, 11) is 2.06. The number of halogens is 2. The van der Waals surface area contributed by atoms with Gasteiger partial charge in [0.2, 0.25) is 0 Å². The second-order valence-electron chi connectivity index (χ2n) is 3.44. The summed E-state index contributed by atoms with van der Waals surface area (Å²) in [6.45, 7) is 0. The molecule has 0 spiro atoms. The molecule has 0 saturated heterocycles. The molecule has 3 heteroatoms. The molecule has 0 radical (unpaired) electrons. The van der Waals surface area contributed by atoms with Crippen molar-refractivity contribution in [3.05, 3.63) is 28.2 Å². The molecule has 0 unspecified atom stereocenters. The maximum atomic E-state index is 6.06. The van der Waals surface area contributed by atoms with Gasteiger partial charge in [0.1, 0.15) is 0 Å². The first-order chi connectivity index (χ1) is 6.18. The molecule has 13 heavy (non-hydrogen) atoms. The van der Waals surface area contributed by atoms with Crippen LogP contribution in [-0.2, 0) is 0 Å². The molecule has 0 atom stereocenters. The lowest BCUT2D eigenvalue weighted by atomic mass is 10.3. The van der Waals surface area contributed by atoms with Gasteiger partial charge in [-0.15, -0.1) is 0 Å². The predicted molar refractivity (Wildman–Crippen MR) is 57.9 cm³/mol. The minimum absolute atomic E-state index is 0.663. The summed E-state index contributed by atoms with van der Waals surface area (Å²) in [6.07, 6.45) is 2.53. The molecule has 0 N–H and O–H groups in total. The number of rotatable bonds is 2. The van der Waals surface area contributed by atoms with Crippen molar-refractivity contribution in [2.24, 2.45) is 0 Å². The highest BCUT2D eigenvalue weighted by Crippen LogP contribution is 2.35. The molecule has 1 aliphatic rings. The summed E-state index contributed by atoms with van der Waals surface area (Å²) < 4.78 is 0. The summed E-state index contributed by atoms with van der Waals surface area (Å²) in [5, 5.41) is 1.52. The van der Waals surface area contributed by atoms with Gasteiger partial charge < -0.3 is 4.90 Å². The Morgan fingerprint density at radius 1 is 1.31 bits per heavy atom. The Morgan fingerprint density at radius 2 is 2.00 bits per heavy atom. The number of benzene rings is 1. The molecule has 1 nitrogen and oxygen atoms in total. The smallest absolute Gasteiger partial charge is 0.0640 e. The Kier molecular flexibility index (Phi) is 2.39. The molecule has 1 aliphatic carbocycles. The second kappa shape index (κ2) is 3.39. The van der Waals surface area contributed by atoms with Crippen molar-refractivity contribution in [1.82, 2.24) is 0 Å². The van der Waals surface area contributed by atoms with Crippen LogP contribution in [0.4, 0.5) is 5.69 Å². The van der Waals surface area contributed by atoms with E-state index in [2.05, 4.69) is 11.9 Å². The fourth-order valence-electron chi connectivity index (χ4n) is 1.41. The lowest BCUT2D eigenvalue weighted by molar-refractivity contribution is 0.917. The third-order valence-electron chi connectivity index (χ3n) is 2.38. The van der Waals surface area contributed by atoms with E-state index in [9.17, 15) is 0 Å². The van der Waals surface area contributed by atoms with Gasteiger partial charge in [-0.1, -0.05) is 23.2 Å². The Hall–Kier alpha value is -0.400. The summed E-state index contributed by atoms with van der Waals surface area (Å²) in [6, 6.07) is 6.24. The molecule has 1 aromatic carbocycles. The molecule has 0 amide bonds. The Morgan fingerprint density at radius 3 is 2.62 bits per heavy atom. The molecular formula is C10H11Cl2N. The number of hydrogen-bond acceptors (Lipinski definition) is 1. The van der Waals surface area contributed by atoms with E-state index >= 15 is 0 Å². The van der Waals surface area contributed by atoms with Crippen molar-refractivity contribution in [3.8, 4) is 0 Å².